The molecule has 1 aliphatic heterocycles. The van der Waals surface area contributed by atoms with E-state index in [1.54, 1.807) is 7.05 Å². The molecule has 0 unspecified atom stereocenters. The van der Waals surface area contributed by atoms with Gasteiger partial charge in [-0.3, -0.25) is 14.8 Å². The molecular weight excluding hydrogens is 304 g/mol. The molecule has 1 fully saturated rings. The zero-order valence-corrected chi connectivity index (χ0v) is 14.7. The number of rotatable bonds is 5. The zero-order chi connectivity index (χ0) is 17.1. The summed E-state index contributed by atoms with van der Waals surface area (Å²) in [6, 6.07) is 4.29. The van der Waals surface area contributed by atoms with Crippen LogP contribution in [0.25, 0.3) is 0 Å². The number of likely N-dealkylation sites (tertiary alicyclic amines) is 1. The van der Waals surface area contributed by atoms with Gasteiger partial charge in [-0.05, 0) is 31.5 Å². The van der Waals surface area contributed by atoms with Gasteiger partial charge >= 0.3 is 0 Å². The fraction of sp³-hybridized carbons (Fsp3) is 0.588. The number of carbonyl (C=O) groups excluding carboxylic acids is 1. The van der Waals surface area contributed by atoms with E-state index < -0.39 is 0 Å². The van der Waals surface area contributed by atoms with Crippen molar-refractivity contribution in [3.8, 4) is 0 Å². The van der Waals surface area contributed by atoms with E-state index in [2.05, 4.69) is 38.4 Å². The molecule has 24 heavy (non-hydrogen) atoms. The average Bonchev–Trinajstić information content (AvgIpc) is 3.21. The van der Waals surface area contributed by atoms with E-state index in [1.165, 1.54) is 18.5 Å². The summed E-state index contributed by atoms with van der Waals surface area (Å²) in [5.74, 6) is 1.73. The number of H-pyrrole nitrogens is 1. The van der Waals surface area contributed by atoms with Gasteiger partial charge in [0, 0.05) is 26.2 Å². The third-order valence-electron chi connectivity index (χ3n) is 4.82. The van der Waals surface area contributed by atoms with Crippen molar-refractivity contribution in [2.75, 3.05) is 13.6 Å². The van der Waals surface area contributed by atoms with Crippen LogP contribution in [0.2, 0.25) is 0 Å². The van der Waals surface area contributed by atoms with Crippen molar-refractivity contribution in [3.63, 3.8) is 0 Å². The highest BCUT2D eigenvalue weighted by Gasteiger charge is 2.28. The van der Waals surface area contributed by atoms with Gasteiger partial charge in [-0.2, -0.15) is 5.10 Å². The number of amides is 1. The predicted molar refractivity (Wildman–Crippen MR) is 91.6 cm³/mol. The molecule has 1 atom stereocenters. The van der Waals surface area contributed by atoms with E-state index in [1.807, 2.05) is 17.7 Å². The Balaban J connectivity index is 1.82. The van der Waals surface area contributed by atoms with Crippen molar-refractivity contribution in [2.45, 2.75) is 45.2 Å². The minimum Gasteiger partial charge on any atom is -0.354 e. The first-order chi connectivity index (χ1) is 11.6. The summed E-state index contributed by atoms with van der Waals surface area (Å²) < 4.78 is 2.01. The van der Waals surface area contributed by atoms with E-state index in [0.717, 1.165) is 37.6 Å². The number of aromatic nitrogens is 4. The van der Waals surface area contributed by atoms with Crippen LogP contribution in [0.15, 0.2) is 12.1 Å². The van der Waals surface area contributed by atoms with Crippen molar-refractivity contribution in [2.24, 2.45) is 7.05 Å². The van der Waals surface area contributed by atoms with Crippen molar-refractivity contribution >= 4 is 5.91 Å². The topological polar surface area (TPSA) is 78.8 Å². The van der Waals surface area contributed by atoms with E-state index in [0.29, 0.717) is 11.7 Å². The second-order valence-corrected chi connectivity index (χ2v) is 6.32. The lowest BCUT2D eigenvalue weighted by Gasteiger charge is -2.35. The molecule has 7 nitrogen and oxygen atoms in total. The fourth-order valence-corrected chi connectivity index (χ4v) is 3.49. The van der Waals surface area contributed by atoms with Crippen LogP contribution in [0.4, 0.5) is 0 Å². The lowest BCUT2D eigenvalue weighted by Crippen LogP contribution is -2.34. The zero-order valence-electron chi connectivity index (χ0n) is 14.7. The maximum Gasteiger partial charge on any atom is 0.267 e. The molecule has 1 amide bonds. The number of hydrogen-bond donors (Lipinski definition) is 2. The van der Waals surface area contributed by atoms with Crippen LogP contribution < -0.4 is 5.32 Å². The summed E-state index contributed by atoms with van der Waals surface area (Å²) in [6.07, 6.45) is 4.34. The summed E-state index contributed by atoms with van der Waals surface area (Å²) in [6.45, 7) is 3.85. The van der Waals surface area contributed by atoms with E-state index in [-0.39, 0.29) is 5.91 Å². The lowest BCUT2D eigenvalue weighted by atomic mass is 9.99. The predicted octanol–water partition coefficient (Wildman–Crippen LogP) is 1.79. The van der Waals surface area contributed by atoms with Crippen molar-refractivity contribution in [1.82, 2.24) is 30.0 Å². The molecule has 2 N–H and O–H groups in total. The lowest BCUT2D eigenvalue weighted by molar-refractivity contribution is 0.0952. The van der Waals surface area contributed by atoms with Crippen molar-refractivity contribution < 1.29 is 4.79 Å². The second kappa shape index (κ2) is 7.17. The van der Waals surface area contributed by atoms with Gasteiger partial charge in [-0.25, -0.2) is 4.98 Å². The summed E-state index contributed by atoms with van der Waals surface area (Å²) in [5.41, 5.74) is 1.88. The average molecular weight is 330 g/mol. The SMILES string of the molecule is CCc1n[nH]c(CN2CCCC[C@@H]2c2ccc(C(=O)NC)n2C)n1. The van der Waals surface area contributed by atoms with Crippen LogP contribution in [0, 0.1) is 0 Å². The van der Waals surface area contributed by atoms with E-state index in [9.17, 15) is 4.79 Å². The highest BCUT2D eigenvalue weighted by Crippen LogP contribution is 2.32. The summed E-state index contributed by atoms with van der Waals surface area (Å²) in [4.78, 5) is 18.9. The molecule has 1 saturated heterocycles. The van der Waals surface area contributed by atoms with Gasteiger partial charge in [0.2, 0.25) is 0 Å². The molecule has 130 valence electrons. The van der Waals surface area contributed by atoms with Gasteiger partial charge in [0.15, 0.2) is 0 Å². The minimum atomic E-state index is -0.0473. The van der Waals surface area contributed by atoms with Crippen molar-refractivity contribution in [1.29, 1.82) is 0 Å². The maximum atomic E-state index is 12.0. The Morgan fingerprint density at radius 3 is 2.96 bits per heavy atom. The van der Waals surface area contributed by atoms with Gasteiger partial charge in [-0.15, -0.1) is 0 Å². The molecule has 2 aromatic heterocycles. The molecule has 2 aromatic rings. The number of carbonyl (C=O) groups is 1. The van der Waals surface area contributed by atoms with Gasteiger partial charge in [0.05, 0.1) is 12.6 Å². The largest absolute Gasteiger partial charge is 0.354 e. The molecule has 3 heterocycles. The molecule has 0 spiro atoms. The highest BCUT2D eigenvalue weighted by molar-refractivity contribution is 5.92. The third kappa shape index (κ3) is 3.21. The van der Waals surface area contributed by atoms with Crippen LogP contribution >= 0.6 is 0 Å². The Kier molecular flexibility index (Phi) is 4.99. The molecule has 7 heteroatoms. The summed E-state index contributed by atoms with van der Waals surface area (Å²) in [5, 5.41) is 9.98. The summed E-state index contributed by atoms with van der Waals surface area (Å²) >= 11 is 0. The molecular formula is C17H26N6O. The maximum absolute atomic E-state index is 12.0. The second-order valence-electron chi connectivity index (χ2n) is 6.32. The number of aromatic amines is 1. The van der Waals surface area contributed by atoms with Crippen LogP contribution in [-0.4, -0.2) is 44.1 Å². The molecule has 0 saturated carbocycles. The first-order valence-corrected chi connectivity index (χ1v) is 8.66. The molecule has 3 rings (SSSR count). The van der Waals surface area contributed by atoms with Gasteiger partial charge < -0.3 is 9.88 Å². The quantitative estimate of drug-likeness (QED) is 0.876. The number of nitrogens with zero attached hydrogens (tertiary/aromatic N) is 4. The van der Waals surface area contributed by atoms with E-state index >= 15 is 0 Å². The highest BCUT2D eigenvalue weighted by atomic mass is 16.1. The fourth-order valence-electron chi connectivity index (χ4n) is 3.49. The standard InChI is InChI=1S/C17H26N6O/c1-4-15-19-16(21-20-15)11-23-10-6-5-7-13(23)12-8-9-14(22(12)3)17(24)18-2/h8-9,13H,4-7,10-11H2,1-3H3,(H,18,24)(H,19,20,21)/t13-/m1/s1. The summed E-state index contributed by atoms with van der Waals surface area (Å²) in [7, 11) is 3.63. The first kappa shape index (κ1) is 16.7. The van der Waals surface area contributed by atoms with Gasteiger partial charge in [-0.1, -0.05) is 13.3 Å². The van der Waals surface area contributed by atoms with E-state index in [4.69, 9.17) is 0 Å². The number of nitrogens with one attached hydrogen (secondary N) is 2. The monoisotopic (exact) mass is 330 g/mol. The van der Waals surface area contributed by atoms with Crippen LogP contribution in [0.3, 0.4) is 0 Å². The molecule has 0 bridgehead atoms. The minimum absolute atomic E-state index is 0.0473. The van der Waals surface area contributed by atoms with Gasteiger partial charge in [0.25, 0.3) is 5.91 Å². The number of aryl methyl sites for hydroxylation is 1. The molecule has 0 aromatic carbocycles. The van der Waals surface area contributed by atoms with Crippen LogP contribution in [0.1, 0.15) is 60.1 Å². The Morgan fingerprint density at radius 2 is 2.25 bits per heavy atom. The van der Waals surface area contributed by atoms with Gasteiger partial charge in [0.1, 0.15) is 17.3 Å². The molecule has 1 aliphatic rings. The van der Waals surface area contributed by atoms with Crippen LogP contribution in [0.5, 0.6) is 0 Å². The molecule has 0 radical (unpaired) electrons. The number of hydrogen-bond acceptors (Lipinski definition) is 4. The smallest absolute Gasteiger partial charge is 0.267 e. The third-order valence-corrected chi connectivity index (χ3v) is 4.82. The van der Waals surface area contributed by atoms with Crippen LogP contribution in [-0.2, 0) is 20.0 Å². The Bertz CT molecular complexity index is 704. The van der Waals surface area contributed by atoms with Crippen molar-refractivity contribution in [3.05, 3.63) is 35.2 Å². The molecule has 0 aliphatic carbocycles. The number of piperidine rings is 1. The Morgan fingerprint density at radius 1 is 1.42 bits per heavy atom. The normalized spacial score (nSPS) is 18.7. The Hall–Kier alpha value is -2.15. The Labute approximate surface area is 142 Å². The first-order valence-electron chi connectivity index (χ1n) is 8.66.